The monoisotopic (exact) mass is 301 g/mol. The molecule has 1 heterocycles. The number of hydrogen-bond donors (Lipinski definition) is 1. The van der Waals surface area contributed by atoms with Crippen LogP contribution in [0.4, 0.5) is 0 Å². The topological polar surface area (TPSA) is 61.8 Å². The molecule has 108 valence electrons. The number of aliphatic hydroxyl groups is 1. The van der Waals surface area contributed by atoms with Crippen molar-refractivity contribution in [2.24, 2.45) is 0 Å². The quantitative estimate of drug-likeness (QED) is 0.863. The highest BCUT2D eigenvalue weighted by Crippen LogP contribution is 2.52. The van der Waals surface area contributed by atoms with E-state index in [-0.39, 0.29) is 6.54 Å². The molecule has 3 rings (SSSR count). The predicted octanol–water partition coefficient (Wildman–Crippen LogP) is 2.50. The predicted molar refractivity (Wildman–Crippen MR) is 79.9 cm³/mol. The maximum Gasteiger partial charge on any atom is 0.139 e. The van der Waals surface area contributed by atoms with Gasteiger partial charge in [0.2, 0.25) is 0 Å². The van der Waals surface area contributed by atoms with E-state index >= 15 is 0 Å². The van der Waals surface area contributed by atoms with Gasteiger partial charge < -0.3 is 9.67 Å². The molecule has 1 unspecified atom stereocenters. The van der Waals surface area contributed by atoms with E-state index in [9.17, 15) is 5.11 Å². The Kier molecular flexibility index (Phi) is 3.48. The van der Waals surface area contributed by atoms with Crippen molar-refractivity contribution in [3.8, 4) is 6.07 Å². The van der Waals surface area contributed by atoms with Gasteiger partial charge in [-0.2, -0.15) is 5.26 Å². The molecule has 0 spiro atoms. The van der Waals surface area contributed by atoms with Gasteiger partial charge in [0.25, 0.3) is 0 Å². The van der Waals surface area contributed by atoms with E-state index < -0.39 is 10.5 Å². The fourth-order valence-corrected chi connectivity index (χ4v) is 2.91. The van der Waals surface area contributed by atoms with Crippen LogP contribution < -0.4 is 0 Å². The molecule has 0 radical (unpaired) electrons. The number of nitrogens with zero attached hydrogens (tertiary/aromatic N) is 3. The molecule has 1 fully saturated rings. The highest BCUT2D eigenvalue weighted by molar-refractivity contribution is 6.26. The summed E-state index contributed by atoms with van der Waals surface area (Å²) < 4.78 is 1.67. The zero-order valence-electron chi connectivity index (χ0n) is 11.5. The first-order valence-corrected chi connectivity index (χ1v) is 7.30. The molecule has 5 heteroatoms. The number of halogens is 1. The van der Waals surface area contributed by atoms with Crippen molar-refractivity contribution < 1.29 is 5.11 Å². The molecular weight excluding hydrogens is 286 g/mol. The molecule has 1 aliphatic rings. The van der Waals surface area contributed by atoms with Gasteiger partial charge in [0.15, 0.2) is 0 Å². The van der Waals surface area contributed by atoms with Gasteiger partial charge in [-0.3, -0.25) is 0 Å². The third-order valence-corrected chi connectivity index (χ3v) is 4.85. The Bertz CT molecular complexity index is 672. The largest absolute Gasteiger partial charge is 0.386 e. The van der Waals surface area contributed by atoms with Gasteiger partial charge in [-0.25, -0.2) is 4.98 Å². The maximum absolute atomic E-state index is 11.2. The number of benzene rings is 1. The molecule has 1 N–H and O–H groups in total. The standard InChI is InChI=1S/C16H16ClN3O/c17-15(6-7-15)16(21,8-13-4-2-1-3-5-13)11-20-12-19-10-14(20)9-18/h1-5,10,12,21H,6-8,11H2. The summed E-state index contributed by atoms with van der Waals surface area (Å²) in [6, 6.07) is 11.9. The maximum atomic E-state index is 11.2. The number of alkyl halides is 1. The summed E-state index contributed by atoms with van der Waals surface area (Å²) in [5.41, 5.74) is 0.371. The van der Waals surface area contributed by atoms with E-state index in [1.165, 1.54) is 6.20 Å². The third-order valence-electron chi connectivity index (χ3n) is 4.12. The lowest BCUT2D eigenvalue weighted by Crippen LogP contribution is -2.47. The van der Waals surface area contributed by atoms with Crippen LogP contribution in [0.1, 0.15) is 24.1 Å². The van der Waals surface area contributed by atoms with Crippen molar-refractivity contribution in [3.05, 3.63) is 54.1 Å². The Morgan fingerprint density at radius 1 is 1.38 bits per heavy atom. The van der Waals surface area contributed by atoms with Crippen molar-refractivity contribution in [2.45, 2.75) is 36.3 Å². The fraction of sp³-hybridized carbons (Fsp3) is 0.375. The molecule has 2 aromatic rings. The normalized spacial score (nSPS) is 18.7. The molecule has 4 nitrogen and oxygen atoms in total. The first-order valence-electron chi connectivity index (χ1n) is 6.92. The third kappa shape index (κ3) is 2.67. The van der Waals surface area contributed by atoms with Gasteiger partial charge in [-0.15, -0.1) is 11.6 Å². The lowest BCUT2D eigenvalue weighted by atomic mass is 9.88. The zero-order chi connectivity index (χ0) is 14.9. The van der Waals surface area contributed by atoms with Gasteiger partial charge in [0, 0.05) is 6.42 Å². The van der Waals surface area contributed by atoms with Crippen LogP contribution in [0.15, 0.2) is 42.9 Å². The second kappa shape index (κ2) is 5.18. The van der Waals surface area contributed by atoms with Crippen molar-refractivity contribution in [2.75, 3.05) is 0 Å². The van der Waals surface area contributed by atoms with Crippen LogP contribution in [0.5, 0.6) is 0 Å². The minimum Gasteiger partial charge on any atom is -0.386 e. The molecule has 0 amide bonds. The summed E-state index contributed by atoms with van der Waals surface area (Å²) >= 11 is 6.55. The van der Waals surface area contributed by atoms with Crippen molar-refractivity contribution >= 4 is 11.6 Å². The number of hydrogen-bond acceptors (Lipinski definition) is 3. The average Bonchev–Trinajstić information content (AvgIpc) is 3.09. The number of aromatic nitrogens is 2. The zero-order valence-corrected chi connectivity index (χ0v) is 12.3. The molecule has 0 bridgehead atoms. The molecule has 21 heavy (non-hydrogen) atoms. The van der Waals surface area contributed by atoms with E-state index in [1.807, 2.05) is 30.3 Å². The first-order chi connectivity index (χ1) is 10.1. The molecule has 1 aromatic carbocycles. The van der Waals surface area contributed by atoms with Crippen LogP contribution >= 0.6 is 11.6 Å². The van der Waals surface area contributed by atoms with Gasteiger partial charge in [0.1, 0.15) is 17.4 Å². The smallest absolute Gasteiger partial charge is 0.139 e. The summed E-state index contributed by atoms with van der Waals surface area (Å²) in [5.74, 6) is 0. The Balaban J connectivity index is 1.89. The van der Waals surface area contributed by atoms with E-state index in [0.717, 1.165) is 18.4 Å². The van der Waals surface area contributed by atoms with Gasteiger partial charge in [0.05, 0.1) is 23.9 Å². The van der Waals surface area contributed by atoms with Crippen LogP contribution in [-0.4, -0.2) is 25.1 Å². The van der Waals surface area contributed by atoms with Crippen LogP contribution in [0.25, 0.3) is 0 Å². The SMILES string of the molecule is N#Cc1cncn1CC(O)(Cc1ccccc1)C1(Cl)CC1. The second-order valence-corrected chi connectivity index (χ2v) is 6.40. The van der Waals surface area contributed by atoms with Gasteiger partial charge >= 0.3 is 0 Å². The summed E-state index contributed by atoms with van der Waals surface area (Å²) in [4.78, 5) is 3.36. The Morgan fingerprint density at radius 2 is 2.10 bits per heavy atom. The average molecular weight is 302 g/mol. The lowest BCUT2D eigenvalue weighted by Gasteiger charge is -2.33. The van der Waals surface area contributed by atoms with Crippen molar-refractivity contribution in [1.29, 1.82) is 5.26 Å². The number of rotatable bonds is 5. The van der Waals surface area contributed by atoms with E-state index in [4.69, 9.17) is 16.9 Å². The Morgan fingerprint density at radius 3 is 2.71 bits per heavy atom. The Labute approximate surface area is 128 Å². The van der Waals surface area contributed by atoms with Crippen LogP contribution in [0.3, 0.4) is 0 Å². The molecule has 0 aliphatic heterocycles. The molecule has 1 saturated carbocycles. The molecule has 0 saturated heterocycles. The molecule has 1 aromatic heterocycles. The van der Waals surface area contributed by atoms with E-state index in [0.29, 0.717) is 12.1 Å². The number of nitriles is 1. The van der Waals surface area contributed by atoms with Crippen LogP contribution in [0.2, 0.25) is 0 Å². The Hall–Kier alpha value is -1.83. The molecular formula is C16H16ClN3O. The summed E-state index contributed by atoms with van der Waals surface area (Å²) in [6.07, 6.45) is 5.09. The summed E-state index contributed by atoms with van der Waals surface area (Å²) in [7, 11) is 0. The van der Waals surface area contributed by atoms with Crippen LogP contribution in [0, 0.1) is 11.3 Å². The molecule has 1 atom stereocenters. The van der Waals surface area contributed by atoms with Gasteiger partial charge in [-0.05, 0) is 18.4 Å². The van der Waals surface area contributed by atoms with E-state index in [2.05, 4.69) is 11.1 Å². The fourth-order valence-electron chi connectivity index (χ4n) is 2.69. The summed E-state index contributed by atoms with van der Waals surface area (Å²) in [5, 5.41) is 20.3. The highest BCUT2D eigenvalue weighted by atomic mass is 35.5. The van der Waals surface area contributed by atoms with Crippen LogP contribution in [-0.2, 0) is 13.0 Å². The van der Waals surface area contributed by atoms with Gasteiger partial charge in [-0.1, -0.05) is 30.3 Å². The molecule has 1 aliphatic carbocycles. The second-order valence-electron chi connectivity index (χ2n) is 5.68. The first kappa shape index (κ1) is 14.1. The summed E-state index contributed by atoms with van der Waals surface area (Å²) in [6.45, 7) is 0.272. The van der Waals surface area contributed by atoms with Crippen molar-refractivity contribution in [1.82, 2.24) is 9.55 Å². The minimum absolute atomic E-state index is 0.272. The minimum atomic E-state index is -1.10. The van der Waals surface area contributed by atoms with E-state index in [1.54, 1.807) is 10.9 Å². The number of imidazole rings is 1. The van der Waals surface area contributed by atoms with Crippen molar-refractivity contribution in [3.63, 3.8) is 0 Å². The highest BCUT2D eigenvalue weighted by Gasteiger charge is 2.57. The lowest BCUT2D eigenvalue weighted by molar-refractivity contribution is 0.0107.